The highest BCUT2D eigenvalue weighted by molar-refractivity contribution is 14.1. The van der Waals surface area contributed by atoms with Gasteiger partial charge in [-0.05, 0) is 30.2 Å². The van der Waals surface area contributed by atoms with Crippen molar-refractivity contribution in [1.29, 1.82) is 0 Å². The van der Waals surface area contributed by atoms with Crippen molar-refractivity contribution >= 4 is 33.9 Å². The topological polar surface area (TPSA) is 9.23 Å². The van der Waals surface area contributed by atoms with Crippen LogP contribution in [0.5, 0.6) is 0 Å². The molecule has 0 aliphatic carbocycles. The highest BCUT2D eigenvalue weighted by atomic mass is 127. The fourth-order valence-electron chi connectivity index (χ4n) is 2.31. The van der Waals surface area contributed by atoms with Crippen LogP contribution in [0.2, 0.25) is 0 Å². The summed E-state index contributed by atoms with van der Waals surface area (Å²) in [6.45, 7) is 4.55. The second-order valence-corrected chi connectivity index (χ2v) is 6.28. The van der Waals surface area contributed by atoms with Gasteiger partial charge in [-0.2, -0.15) is 0 Å². The molecule has 0 amide bonds. The van der Waals surface area contributed by atoms with E-state index in [9.17, 15) is 0 Å². The molecule has 2 unspecified atom stereocenters. The Bertz CT molecular complexity index is 309. The Kier molecular flexibility index (Phi) is 3.73. The smallest absolute Gasteiger partial charge is 0.105 e. The molecule has 2 rings (SSSR count). The molecule has 0 N–H and O–H groups in total. The van der Waals surface area contributed by atoms with Gasteiger partial charge in [-0.15, -0.1) is 11.3 Å². The summed E-state index contributed by atoms with van der Waals surface area (Å²) in [4.78, 5) is 1.41. The molecular formula is C12H17IOS. The zero-order valence-corrected chi connectivity index (χ0v) is 12.2. The SMILES string of the molecule is CC(C)C1(c2cccs2)CCC(CI)O1. The van der Waals surface area contributed by atoms with Crippen molar-refractivity contribution in [1.82, 2.24) is 0 Å². The van der Waals surface area contributed by atoms with Crippen LogP contribution in [0.1, 0.15) is 31.6 Å². The van der Waals surface area contributed by atoms with Gasteiger partial charge in [0, 0.05) is 9.30 Å². The summed E-state index contributed by atoms with van der Waals surface area (Å²) in [7, 11) is 0. The second kappa shape index (κ2) is 4.72. The minimum Gasteiger partial charge on any atom is -0.365 e. The van der Waals surface area contributed by atoms with Crippen LogP contribution in [0.3, 0.4) is 0 Å². The fourth-order valence-corrected chi connectivity index (χ4v) is 3.98. The summed E-state index contributed by atoms with van der Waals surface area (Å²) in [6, 6.07) is 4.35. The molecule has 0 aromatic carbocycles. The monoisotopic (exact) mass is 336 g/mol. The molecule has 1 aliphatic heterocycles. The van der Waals surface area contributed by atoms with E-state index < -0.39 is 0 Å². The Balaban J connectivity index is 2.27. The molecule has 0 spiro atoms. The third kappa shape index (κ3) is 2.11. The Morgan fingerprint density at radius 1 is 1.67 bits per heavy atom. The third-order valence-electron chi connectivity index (χ3n) is 3.26. The molecule has 2 heterocycles. The Labute approximate surface area is 109 Å². The van der Waals surface area contributed by atoms with Crippen molar-refractivity contribution in [2.24, 2.45) is 5.92 Å². The molecule has 15 heavy (non-hydrogen) atoms. The fraction of sp³-hybridized carbons (Fsp3) is 0.667. The van der Waals surface area contributed by atoms with Gasteiger partial charge in [0.25, 0.3) is 0 Å². The lowest BCUT2D eigenvalue weighted by atomic mass is 9.86. The first kappa shape index (κ1) is 11.9. The van der Waals surface area contributed by atoms with E-state index in [0.717, 1.165) is 4.43 Å². The summed E-state index contributed by atoms with van der Waals surface area (Å²) >= 11 is 4.26. The standard InChI is InChI=1S/C12H17IOS/c1-9(2)12(11-4-3-7-15-11)6-5-10(8-13)14-12/h3-4,7,9-10H,5-6,8H2,1-2H3. The van der Waals surface area contributed by atoms with Crippen molar-refractivity contribution in [2.45, 2.75) is 38.4 Å². The summed E-state index contributed by atoms with van der Waals surface area (Å²) in [5, 5.41) is 2.15. The van der Waals surface area contributed by atoms with Crippen molar-refractivity contribution < 1.29 is 4.74 Å². The maximum Gasteiger partial charge on any atom is 0.105 e. The summed E-state index contributed by atoms with van der Waals surface area (Å²) in [6.07, 6.45) is 2.84. The van der Waals surface area contributed by atoms with Crippen molar-refractivity contribution in [3.8, 4) is 0 Å². The lowest BCUT2D eigenvalue weighted by Crippen LogP contribution is -2.31. The Hall–Kier alpha value is 0.390. The largest absolute Gasteiger partial charge is 0.365 e. The van der Waals surface area contributed by atoms with E-state index in [1.165, 1.54) is 17.7 Å². The lowest BCUT2D eigenvalue weighted by molar-refractivity contribution is -0.0658. The number of alkyl halides is 1. The molecule has 1 saturated heterocycles. The molecular weight excluding hydrogens is 319 g/mol. The zero-order chi connectivity index (χ0) is 10.9. The van der Waals surface area contributed by atoms with E-state index in [0.29, 0.717) is 12.0 Å². The van der Waals surface area contributed by atoms with Crippen LogP contribution >= 0.6 is 33.9 Å². The van der Waals surface area contributed by atoms with Crippen LogP contribution in [0.25, 0.3) is 0 Å². The molecule has 1 fully saturated rings. The van der Waals surface area contributed by atoms with Crippen LogP contribution in [0, 0.1) is 5.92 Å². The minimum absolute atomic E-state index is 0.00397. The number of thiophene rings is 1. The number of hydrogen-bond acceptors (Lipinski definition) is 2. The number of halogens is 1. The lowest BCUT2D eigenvalue weighted by Gasteiger charge is -2.32. The molecule has 0 saturated carbocycles. The molecule has 84 valence electrons. The molecule has 1 aliphatic rings. The molecule has 1 nitrogen and oxygen atoms in total. The highest BCUT2D eigenvalue weighted by Gasteiger charge is 2.44. The van der Waals surface area contributed by atoms with E-state index in [2.05, 4.69) is 54.0 Å². The first-order chi connectivity index (χ1) is 7.19. The van der Waals surface area contributed by atoms with Crippen LogP contribution in [-0.2, 0) is 10.3 Å². The van der Waals surface area contributed by atoms with E-state index in [1.807, 2.05) is 11.3 Å². The van der Waals surface area contributed by atoms with Crippen LogP contribution < -0.4 is 0 Å². The van der Waals surface area contributed by atoms with Gasteiger partial charge < -0.3 is 4.74 Å². The van der Waals surface area contributed by atoms with Crippen molar-refractivity contribution in [2.75, 3.05) is 4.43 Å². The molecule has 1 aromatic heterocycles. The maximum atomic E-state index is 6.31. The first-order valence-corrected chi connectivity index (χ1v) is 7.87. The van der Waals surface area contributed by atoms with Crippen LogP contribution in [-0.4, -0.2) is 10.5 Å². The first-order valence-electron chi connectivity index (χ1n) is 5.47. The summed E-state index contributed by atoms with van der Waals surface area (Å²) < 4.78 is 7.42. The maximum absolute atomic E-state index is 6.31. The average molecular weight is 336 g/mol. The zero-order valence-electron chi connectivity index (χ0n) is 9.20. The van der Waals surface area contributed by atoms with Gasteiger partial charge in [-0.1, -0.05) is 42.5 Å². The molecule has 0 radical (unpaired) electrons. The van der Waals surface area contributed by atoms with E-state index in [1.54, 1.807) is 0 Å². The van der Waals surface area contributed by atoms with Crippen LogP contribution in [0.4, 0.5) is 0 Å². The normalized spacial score (nSPS) is 31.3. The van der Waals surface area contributed by atoms with Crippen molar-refractivity contribution in [3.63, 3.8) is 0 Å². The Morgan fingerprint density at radius 3 is 2.93 bits per heavy atom. The molecule has 1 aromatic rings. The predicted molar refractivity (Wildman–Crippen MR) is 73.8 cm³/mol. The number of ether oxygens (including phenoxy) is 1. The van der Waals surface area contributed by atoms with Gasteiger partial charge in [0.2, 0.25) is 0 Å². The van der Waals surface area contributed by atoms with Gasteiger partial charge in [-0.3, -0.25) is 0 Å². The third-order valence-corrected chi connectivity index (χ3v) is 5.27. The van der Waals surface area contributed by atoms with E-state index in [4.69, 9.17) is 4.74 Å². The van der Waals surface area contributed by atoms with E-state index >= 15 is 0 Å². The van der Waals surface area contributed by atoms with Gasteiger partial charge in [0.05, 0.1) is 6.10 Å². The van der Waals surface area contributed by atoms with Crippen LogP contribution in [0.15, 0.2) is 17.5 Å². The number of hydrogen-bond donors (Lipinski definition) is 0. The van der Waals surface area contributed by atoms with Gasteiger partial charge >= 0.3 is 0 Å². The molecule has 2 atom stereocenters. The number of rotatable bonds is 3. The van der Waals surface area contributed by atoms with Gasteiger partial charge in [0.15, 0.2) is 0 Å². The van der Waals surface area contributed by atoms with Crippen molar-refractivity contribution in [3.05, 3.63) is 22.4 Å². The highest BCUT2D eigenvalue weighted by Crippen LogP contribution is 2.46. The predicted octanol–water partition coefficient (Wildman–Crippen LogP) is 4.21. The summed E-state index contributed by atoms with van der Waals surface area (Å²) in [5.74, 6) is 0.559. The molecule has 3 heteroatoms. The van der Waals surface area contributed by atoms with E-state index in [-0.39, 0.29) is 5.60 Å². The van der Waals surface area contributed by atoms with Gasteiger partial charge in [-0.25, -0.2) is 0 Å². The summed E-state index contributed by atoms with van der Waals surface area (Å²) in [5.41, 5.74) is 0.00397. The quantitative estimate of drug-likeness (QED) is 0.593. The second-order valence-electron chi connectivity index (χ2n) is 4.45. The minimum atomic E-state index is 0.00397. The Morgan fingerprint density at radius 2 is 2.47 bits per heavy atom. The molecule has 0 bridgehead atoms. The average Bonchev–Trinajstić information content (AvgIpc) is 2.87. The van der Waals surface area contributed by atoms with Gasteiger partial charge in [0.1, 0.15) is 5.60 Å².